The zero-order valence-corrected chi connectivity index (χ0v) is 23.3. The normalized spacial score (nSPS) is 12.0. The third kappa shape index (κ3) is 6.39. The topological polar surface area (TPSA) is 66.5 Å². The van der Waals surface area contributed by atoms with Crippen molar-refractivity contribution in [1.82, 2.24) is 25.3 Å². The van der Waals surface area contributed by atoms with E-state index in [0.29, 0.717) is 28.1 Å². The average Bonchev–Trinajstić information content (AvgIpc) is 3.45. The molecule has 3 heterocycles. The van der Waals surface area contributed by atoms with Gasteiger partial charge in [-0.3, -0.25) is 4.98 Å². The molecular weight excluding hydrogens is 509 g/mol. The van der Waals surface area contributed by atoms with E-state index in [1.165, 1.54) is 23.3 Å². The number of pyridine rings is 2. The molecule has 5 nitrogen and oxygen atoms in total. The second-order valence-corrected chi connectivity index (χ2v) is 9.86. The number of hydrogen-bond acceptors (Lipinski definition) is 4. The number of fused-ring (bicyclic) bond motifs is 1. The molecule has 2 N–H and O–H groups in total. The number of allylic oxidation sites excluding steroid dienone is 4. The number of likely N-dealkylation sites (N-methyl/N-ethyl adjacent to an activating group) is 1. The molecule has 0 radical (unpaired) electrons. The fourth-order valence-electron chi connectivity index (χ4n) is 4.67. The molecule has 0 fully saturated rings. The Balaban J connectivity index is 1.34. The van der Waals surface area contributed by atoms with Crippen molar-refractivity contribution in [2.45, 2.75) is 19.8 Å². The lowest BCUT2D eigenvalue weighted by Gasteiger charge is -2.11. The van der Waals surface area contributed by atoms with E-state index >= 15 is 0 Å². The fraction of sp³-hybridized carbons (Fsp3) is 0.114. The van der Waals surface area contributed by atoms with Gasteiger partial charge in [0.15, 0.2) is 5.65 Å². The fourth-order valence-corrected chi connectivity index (χ4v) is 4.67. The molecule has 6 heteroatoms. The maximum atomic E-state index is 13.9. The molecule has 0 aliphatic heterocycles. The number of benzene rings is 2. The first-order valence-corrected chi connectivity index (χ1v) is 13.5. The number of hydrogen-bond donors (Lipinski definition) is 2. The molecule has 0 aliphatic rings. The molecule has 2 aromatic carbocycles. The SMILES string of the molecule is C=C(C(=C)c1nc2nccc(-c3cccc(F)c3)c2[nH]1)/C(=C\C=C(/C)c1cncc(CCc2ccccc2)c1)NC. The molecular formula is C35H32FN5. The van der Waals surface area contributed by atoms with Crippen LogP contribution in [-0.4, -0.2) is 27.0 Å². The average molecular weight is 542 g/mol. The van der Waals surface area contributed by atoms with Crippen LogP contribution >= 0.6 is 0 Å². The Hall–Kier alpha value is -5.10. The summed E-state index contributed by atoms with van der Waals surface area (Å²) in [4.78, 5) is 16.8. The van der Waals surface area contributed by atoms with Crippen LogP contribution in [0, 0.1) is 5.82 Å². The van der Waals surface area contributed by atoms with Gasteiger partial charge in [0.25, 0.3) is 0 Å². The van der Waals surface area contributed by atoms with Gasteiger partial charge in [-0.05, 0) is 77.9 Å². The summed E-state index contributed by atoms with van der Waals surface area (Å²) in [5.74, 6) is 0.255. The number of nitrogens with one attached hydrogen (secondary N) is 2. The van der Waals surface area contributed by atoms with Crippen LogP contribution in [0.5, 0.6) is 0 Å². The third-order valence-corrected chi connectivity index (χ3v) is 7.07. The Morgan fingerprint density at radius 3 is 2.54 bits per heavy atom. The van der Waals surface area contributed by atoms with Gasteiger partial charge in [0.1, 0.15) is 11.6 Å². The molecule has 204 valence electrons. The molecule has 0 amide bonds. The first kappa shape index (κ1) is 27.5. The first-order valence-electron chi connectivity index (χ1n) is 13.5. The van der Waals surface area contributed by atoms with Crippen molar-refractivity contribution in [3.63, 3.8) is 0 Å². The van der Waals surface area contributed by atoms with E-state index in [2.05, 4.69) is 75.7 Å². The summed E-state index contributed by atoms with van der Waals surface area (Å²) >= 11 is 0. The number of H-pyrrole nitrogens is 1. The maximum absolute atomic E-state index is 13.9. The summed E-state index contributed by atoms with van der Waals surface area (Å²) in [5.41, 5.74) is 9.60. The standard InChI is InChI=1S/C35H32FN5/c1-23(29-19-27(21-38-22-29)15-14-26-9-6-5-7-10-26)13-16-32(37-4)24(2)25(3)34-40-33-31(17-18-39-35(33)41-34)28-11-8-12-30(36)20-28/h5-13,16-22,37H,2-3,14-15H2,1,4H3,(H,39,40,41)/b23-13+,32-16+. The minimum atomic E-state index is -0.299. The zero-order chi connectivity index (χ0) is 28.8. The van der Waals surface area contributed by atoms with Crippen LogP contribution in [0.2, 0.25) is 0 Å². The number of aryl methyl sites for hydroxylation is 2. The number of imidazole rings is 1. The van der Waals surface area contributed by atoms with Gasteiger partial charge in [0, 0.05) is 48.0 Å². The first-order chi connectivity index (χ1) is 19.9. The molecule has 41 heavy (non-hydrogen) atoms. The van der Waals surface area contributed by atoms with Crippen molar-refractivity contribution >= 4 is 22.3 Å². The van der Waals surface area contributed by atoms with E-state index in [9.17, 15) is 4.39 Å². The molecule has 0 atom stereocenters. The summed E-state index contributed by atoms with van der Waals surface area (Å²) < 4.78 is 13.9. The highest BCUT2D eigenvalue weighted by Gasteiger charge is 2.15. The van der Waals surface area contributed by atoms with E-state index in [1.54, 1.807) is 12.3 Å². The molecule has 3 aromatic heterocycles. The van der Waals surface area contributed by atoms with Crippen molar-refractivity contribution < 1.29 is 4.39 Å². The highest BCUT2D eigenvalue weighted by molar-refractivity contribution is 5.92. The summed E-state index contributed by atoms with van der Waals surface area (Å²) in [7, 11) is 1.85. The molecule has 0 spiro atoms. The Bertz CT molecular complexity index is 1780. The van der Waals surface area contributed by atoms with Gasteiger partial charge in [-0.1, -0.05) is 61.7 Å². The Morgan fingerprint density at radius 1 is 0.951 bits per heavy atom. The van der Waals surface area contributed by atoms with Crippen molar-refractivity contribution in [1.29, 1.82) is 0 Å². The quantitative estimate of drug-likeness (QED) is 0.178. The van der Waals surface area contributed by atoms with Crippen molar-refractivity contribution in [3.05, 3.63) is 150 Å². The third-order valence-electron chi connectivity index (χ3n) is 7.07. The minimum absolute atomic E-state index is 0.299. The van der Waals surface area contributed by atoms with Crippen molar-refractivity contribution in [2.24, 2.45) is 0 Å². The second-order valence-electron chi connectivity index (χ2n) is 9.86. The molecule has 5 aromatic rings. The maximum Gasteiger partial charge on any atom is 0.178 e. The van der Waals surface area contributed by atoms with E-state index < -0.39 is 0 Å². The molecule has 0 aliphatic carbocycles. The lowest BCUT2D eigenvalue weighted by molar-refractivity contribution is 0.628. The number of aromatic nitrogens is 4. The number of nitrogens with zero attached hydrogens (tertiary/aromatic N) is 3. The van der Waals surface area contributed by atoms with Gasteiger partial charge in [-0.25, -0.2) is 14.4 Å². The van der Waals surface area contributed by atoms with E-state index in [1.807, 2.05) is 49.8 Å². The molecule has 0 bridgehead atoms. The van der Waals surface area contributed by atoms with Gasteiger partial charge in [0.2, 0.25) is 0 Å². The van der Waals surface area contributed by atoms with E-state index in [0.717, 1.165) is 40.8 Å². The molecule has 0 saturated heterocycles. The number of aromatic amines is 1. The predicted molar refractivity (Wildman–Crippen MR) is 166 cm³/mol. The molecule has 0 unspecified atom stereocenters. The highest BCUT2D eigenvalue weighted by atomic mass is 19.1. The lowest BCUT2D eigenvalue weighted by atomic mass is 10.0. The minimum Gasteiger partial charge on any atom is -0.388 e. The Kier molecular flexibility index (Phi) is 8.30. The largest absolute Gasteiger partial charge is 0.388 e. The highest BCUT2D eigenvalue weighted by Crippen LogP contribution is 2.30. The predicted octanol–water partition coefficient (Wildman–Crippen LogP) is 7.72. The zero-order valence-electron chi connectivity index (χ0n) is 23.3. The van der Waals surface area contributed by atoms with Crippen LogP contribution in [0.15, 0.2) is 122 Å². The van der Waals surface area contributed by atoms with Crippen molar-refractivity contribution in [2.75, 3.05) is 7.05 Å². The summed E-state index contributed by atoms with van der Waals surface area (Å²) in [5, 5.41) is 3.23. The summed E-state index contributed by atoms with van der Waals surface area (Å²) in [6, 6.07) is 21.0. The van der Waals surface area contributed by atoms with Gasteiger partial charge in [-0.15, -0.1) is 0 Å². The monoisotopic (exact) mass is 541 g/mol. The van der Waals surface area contributed by atoms with Gasteiger partial charge < -0.3 is 10.3 Å². The van der Waals surface area contributed by atoms with Gasteiger partial charge >= 0.3 is 0 Å². The van der Waals surface area contributed by atoms with Crippen LogP contribution < -0.4 is 5.32 Å². The van der Waals surface area contributed by atoms with Crippen LogP contribution in [0.3, 0.4) is 0 Å². The smallest absolute Gasteiger partial charge is 0.178 e. The van der Waals surface area contributed by atoms with Gasteiger partial charge in [-0.2, -0.15) is 0 Å². The van der Waals surface area contributed by atoms with Crippen LogP contribution in [0.1, 0.15) is 29.4 Å². The summed E-state index contributed by atoms with van der Waals surface area (Å²) in [6.07, 6.45) is 11.4. The van der Waals surface area contributed by atoms with Crippen LogP contribution in [-0.2, 0) is 12.8 Å². The number of halogens is 1. The van der Waals surface area contributed by atoms with Gasteiger partial charge in [0.05, 0.1) is 5.52 Å². The second kappa shape index (κ2) is 12.4. The van der Waals surface area contributed by atoms with E-state index in [-0.39, 0.29) is 5.82 Å². The molecule has 0 saturated carbocycles. The Labute approximate surface area is 239 Å². The van der Waals surface area contributed by atoms with Crippen molar-refractivity contribution in [3.8, 4) is 11.1 Å². The number of rotatable bonds is 10. The summed E-state index contributed by atoms with van der Waals surface area (Å²) in [6.45, 7) is 10.6. The molecule has 5 rings (SSSR count). The lowest BCUT2D eigenvalue weighted by Crippen LogP contribution is -2.09. The van der Waals surface area contributed by atoms with Crippen LogP contribution in [0.4, 0.5) is 4.39 Å². The Morgan fingerprint density at radius 2 is 1.76 bits per heavy atom. The van der Waals surface area contributed by atoms with E-state index in [4.69, 9.17) is 0 Å². The van der Waals surface area contributed by atoms with Crippen LogP contribution in [0.25, 0.3) is 33.4 Å².